The van der Waals surface area contributed by atoms with Crippen molar-refractivity contribution in [1.29, 1.82) is 0 Å². The predicted octanol–water partition coefficient (Wildman–Crippen LogP) is 12.9. The molecule has 45 heavy (non-hydrogen) atoms. The molecule has 0 fully saturated rings. The molecule has 4 aromatic carbocycles. The molecule has 0 aliphatic heterocycles. The number of benzene rings is 4. The van der Waals surface area contributed by atoms with Gasteiger partial charge in [-0.05, 0) is 0 Å². The molecule has 0 N–H and O–H groups in total. The average Bonchev–Trinajstić information content (AvgIpc) is 3.62. The predicted molar refractivity (Wildman–Crippen MR) is 200 cm³/mol. The quantitative estimate of drug-likeness (QED) is 0.158. The van der Waals surface area contributed by atoms with E-state index < -0.39 is 21.5 Å². The second-order valence-electron chi connectivity index (χ2n) is 14.8. The summed E-state index contributed by atoms with van der Waals surface area (Å²) in [4.78, 5) is 0. The van der Waals surface area contributed by atoms with Crippen LogP contribution in [-0.2, 0) is 27.4 Å². The second kappa shape index (κ2) is 12.2. The Hall–Kier alpha value is -1.96. The van der Waals surface area contributed by atoms with Gasteiger partial charge in [0.05, 0.1) is 0 Å². The SMILES string of the molecule is CCCCc1ccc(-c2cccc3c2C=C(C)[CH]3[Zr]([Cl])([Cl])([CH]2C=Cc3c(-c4ccc(C(C)(C)C)cc4)cccc32)[SiH](C)C)cc1. The van der Waals surface area contributed by atoms with E-state index in [0.717, 1.165) is 6.42 Å². The van der Waals surface area contributed by atoms with Crippen LogP contribution in [0.4, 0.5) is 0 Å². The van der Waals surface area contributed by atoms with Crippen LogP contribution in [0.5, 0.6) is 0 Å². The summed E-state index contributed by atoms with van der Waals surface area (Å²) >= 11 is -4.64. The number of halogens is 2. The zero-order chi connectivity index (χ0) is 32.2. The van der Waals surface area contributed by atoms with Crippen molar-refractivity contribution in [3.05, 3.63) is 130 Å². The Bertz CT molecular complexity index is 1790. The van der Waals surface area contributed by atoms with E-state index in [9.17, 15) is 0 Å². The molecule has 0 radical (unpaired) electrons. The summed E-state index contributed by atoms with van der Waals surface area (Å²) in [5.74, 6) is -1.55. The number of hydrogen-bond acceptors (Lipinski definition) is 0. The summed E-state index contributed by atoms with van der Waals surface area (Å²) in [5, 5.41) is 0. The van der Waals surface area contributed by atoms with E-state index in [2.05, 4.69) is 151 Å². The molecule has 0 amide bonds. The Kier molecular flexibility index (Phi) is 8.97. The van der Waals surface area contributed by atoms with Gasteiger partial charge in [-0.3, -0.25) is 0 Å². The van der Waals surface area contributed by atoms with Gasteiger partial charge in [0.2, 0.25) is 0 Å². The van der Waals surface area contributed by atoms with Gasteiger partial charge < -0.3 is 0 Å². The fourth-order valence-electron chi connectivity index (χ4n) is 7.86. The zero-order valence-corrected chi connectivity index (χ0v) is 33.0. The van der Waals surface area contributed by atoms with Crippen molar-refractivity contribution in [3.8, 4) is 22.3 Å². The molecule has 0 saturated carbocycles. The first-order chi connectivity index (χ1) is 21.3. The van der Waals surface area contributed by atoms with Crippen LogP contribution in [-0.4, -0.2) is 5.92 Å². The Morgan fingerprint density at radius 3 is 1.91 bits per heavy atom. The van der Waals surface area contributed by atoms with Gasteiger partial charge in [-0.15, -0.1) is 0 Å². The Morgan fingerprint density at radius 1 is 0.756 bits per heavy atom. The van der Waals surface area contributed by atoms with Gasteiger partial charge in [-0.1, -0.05) is 0 Å². The summed E-state index contributed by atoms with van der Waals surface area (Å²) in [5.41, 5.74) is 14.6. The van der Waals surface area contributed by atoms with Crippen molar-refractivity contribution in [2.24, 2.45) is 0 Å². The summed E-state index contributed by atoms with van der Waals surface area (Å²) in [6.07, 6.45) is 10.7. The summed E-state index contributed by atoms with van der Waals surface area (Å²) in [6.45, 7) is 16.2. The van der Waals surface area contributed by atoms with Crippen LogP contribution in [0, 0.1) is 0 Å². The van der Waals surface area contributed by atoms with Crippen molar-refractivity contribution in [2.45, 2.75) is 79.6 Å². The third-order valence-electron chi connectivity index (χ3n) is 10.6. The van der Waals surface area contributed by atoms with Crippen molar-refractivity contribution >= 4 is 35.1 Å². The molecule has 0 saturated heterocycles. The van der Waals surface area contributed by atoms with Gasteiger partial charge in [0.25, 0.3) is 0 Å². The Balaban J connectivity index is 1.42. The maximum atomic E-state index is 8.37. The van der Waals surface area contributed by atoms with Gasteiger partial charge in [0.1, 0.15) is 0 Å². The normalized spacial score (nSPS) is 18.4. The van der Waals surface area contributed by atoms with Crippen LogP contribution in [0.1, 0.15) is 88.1 Å². The number of unbranched alkanes of at least 4 members (excludes halogenated alkanes) is 1. The molecule has 0 spiro atoms. The number of rotatable bonds is 8. The van der Waals surface area contributed by atoms with Gasteiger partial charge in [0.15, 0.2) is 0 Å². The van der Waals surface area contributed by atoms with Gasteiger partial charge >= 0.3 is 283 Å². The van der Waals surface area contributed by atoms with Crippen LogP contribution in [0.15, 0.2) is 96.6 Å². The van der Waals surface area contributed by atoms with Crippen LogP contribution in [0.2, 0.25) is 13.1 Å². The van der Waals surface area contributed by atoms with Crippen LogP contribution in [0.3, 0.4) is 0 Å². The minimum absolute atomic E-state index is 0.0889. The third kappa shape index (κ3) is 5.67. The van der Waals surface area contributed by atoms with E-state index in [1.165, 1.54) is 74.0 Å². The van der Waals surface area contributed by atoms with Crippen molar-refractivity contribution in [1.82, 2.24) is 0 Å². The van der Waals surface area contributed by atoms with Crippen LogP contribution in [0.25, 0.3) is 34.4 Å². The van der Waals surface area contributed by atoms with Gasteiger partial charge in [-0.25, -0.2) is 0 Å². The number of hydrogen-bond donors (Lipinski definition) is 0. The van der Waals surface area contributed by atoms with E-state index in [0.29, 0.717) is 0 Å². The molecule has 233 valence electrons. The van der Waals surface area contributed by atoms with E-state index >= 15 is 0 Å². The van der Waals surface area contributed by atoms with E-state index in [1.54, 1.807) is 0 Å². The van der Waals surface area contributed by atoms with Crippen molar-refractivity contribution < 1.29 is 15.6 Å². The first-order valence-electron chi connectivity index (χ1n) is 16.7. The molecule has 2 aliphatic rings. The average molecular weight is 730 g/mol. The topological polar surface area (TPSA) is 0 Å². The fraction of sp³-hybridized carbons (Fsp3) is 0.317. The zero-order valence-electron chi connectivity index (χ0n) is 27.9. The van der Waals surface area contributed by atoms with Crippen molar-refractivity contribution in [2.75, 3.05) is 0 Å². The summed E-state index contributed by atoms with van der Waals surface area (Å²) < 4.78 is 0.196. The van der Waals surface area contributed by atoms with Crippen molar-refractivity contribution in [3.63, 3.8) is 0 Å². The van der Waals surface area contributed by atoms with Gasteiger partial charge in [0, 0.05) is 0 Å². The molecule has 2 unspecified atom stereocenters. The molecule has 0 nitrogen and oxygen atoms in total. The Morgan fingerprint density at radius 2 is 1.33 bits per heavy atom. The van der Waals surface area contributed by atoms with Gasteiger partial charge in [-0.2, -0.15) is 0 Å². The molecule has 6 rings (SSSR count). The standard InChI is InChI=1S/C20H21.C19H19.C2H7Si.2ClH.Zr/c1-3-4-6-16-9-11-17(12-10-16)19-8-5-7-18-13-15(2)14-20(18)19;1-19(2,3)16-12-10-15(11-13-16)18-9-5-7-14-6-4-8-17(14)18;1-3-2;;;/h5,7-14H,3-4,6H2,1-2H3;4-13H,1-3H3;3H,1-2H3;2*1H;/q;;;;;+2/p-2. The molecular weight excluding hydrogens is 683 g/mol. The Labute approximate surface area is 280 Å². The minimum atomic E-state index is -4.64. The molecule has 2 atom stereocenters. The summed E-state index contributed by atoms with van der Waals surface area (Å²) in [7, 11) is 16.7. The molecular formula is C41H47Cl2SiZr. The van der Waals surface area contributed by atoms with Crippen LogP contribution >= 0.6 is 17.0 Å². The number of fused-ring (bicyclic) bond motifs is 2. The third-order valence-corrected chi connectivity index (χ3v) is 62.8. The molecule has 4 heteroatoms. The van der Waals surface area contributed by atoms with E-state index in [-0.39, 0.29) is 12.7 Å². The number of aryl methyl sites for hydroxylation is 1. The monoisotopic (exact) mass is 727 g/mol. The number of allylic oxidation sites excluding steroid dienone is 2. The van der Waals surface area contributed by atoms with E-state index in [1.807, 2.05) is 0 Å². The first-order valence-corrected chi connectivity index (χ1v) is 33.1. The maximum absolute atomic E-state index is 8.37. The van der Waals surface area contributed by atoms with E-state index in [4.69, 9.17) is 17.0 Å². The fourth-order valence-corrected chi connectivity index (χ4v) is 38.0. The second-order valence-corrected chi connectivity index (χ2v) is 57.4. The molecule has 4 aromatic rings. The summed E-state index contributed by atoms with van der Waals surface area (Å²) in [6, 6.07) is 31.9. The molecule has 0 heterocycles. The first kappa shape index (κ1) is 33.0. The molecule has 0 bridgehead atoms. The molecule has 2 aliphatic carbocycles. The van der Waals surface area contributed by atoms with Crippen LogP contribution < -0.4 is 0 Å². The molecule has 0 aromatic heterocycles.